The summed E-state index contributed by atoms with van der Waals surface area (Å²) in [6.07, 6.45) is 5.86. The lowest BCUT2D eigenvalue weighted by Gasteiger charge is -2.18. The van der Waals surface area contributed by atoms with Crippen molar-refractivity contribution < 1.29 is 4.79 Å². The predicted octanol–water partition coefficient (Wildman–Crippen LogP) is 1.04. The van der Waals surface area contributed by atoms with E-state index in [2.05, 4.69) is 10.2 Å². The van der Waals surface area contributed by atoms with Crippen molar-refractivity contribution in [3.8, 4) is 0 Å². The number of carbonyl (C=O) groups is 1. The van der Waals surface area contributed by atoms with Crippen molar-refractivity contribution in [1.29, 1.82) is 0 Å². The zero-order valence-corrected chi connectivity index (χ0v) is 9.50. The van der Waals surface area contributed by atoms with Crippen LogP contribution in [0.4, 0.5) is 0 Å². The van der Waals surface area contributed by atoms with E-state index in [0.29, 0.717) is 18.2 Å². The van der Waals surface area contributed by atoms with E-state index in [-0.39, 0.29) is 0 Å². The minimum absolute atomic E-state index is 0.334. The standard InChI is InChI=1S/C12H22N2O/c15-12(10-14-8-1-2-9-14)11-4-3-6-13-7-5-11/h11,13H,1-10H2. The van der Waals surface area contributed by atoms with Crippen LogP contribution >= 0.6 is 0 Å². The number of nitrogens with zero attached hydrogens (tertiary/aromatic N) is 1. The Balaban J connectivity index is 1.77. The molecule has 86 valence electrons. The normalized spacial score (nSPS) is 28.9. The smallest absolute Gasteiger partial charge is 0.149 e. The number of carbonyl (C=O) groups excluding carboxylic acids is 1. The van der Waals surface area contributed by atoms with Crippen LogP contribution in [0.5, 0.6) is 0 Å². The molecule has 15 heavy (non-hydrogen) atoms. The average Bonchev–Trinajstić information content (AvgIpc) is 2.58. The first-order valence-corrected chi connectivity index (χ1v) is 6.32. The topological polar surface area (TPSA) is 32.3 Å². The van der Waals surface area contributed by atoms with Gasteiger partial charge in [0, 0.05) is 5.92 Å². The van der Waals surface area contributed by atoms with Gasteiger partial charge in [-0.05, 0) is 58.3 Å². The van der Waals surface area contributed by atoms with Crippen LogP contribution in [0.3, 0.4) is 0 Å². The number of rotatable bonds is 3. The molecule has 0 bridgehead atoms. The van der Waals surface area contributed by atoms with Crippen LogP contribution in [0, 0.1) is 5.92 Å². The van der Waals surface area contributed by atoms with Gasteiger partial charge in [-0.3, -0.25) is 9.69 Å². The molecule has 0 spiro atoms. The van der Waals surface area contributed by atoms with E-state index in [0.717, 1.165) is 45.4 Å². The Morgan fingerprint density at radius 2 is 1.93 bits per heavy atom. The summed E-state index contributed by atoms with van der Waals surface area (Å²) in [6.45, 7) is 5.10. The molecule has 1 unspecified atom stereocenters. The van der Waals surface area contributed by atoms with Gasteiger partial charge in [-0.2, -0.15) is 0 Å². The molecule has 0 aliphatic carbocycles. The summed E-state index contributed by atoms with van der Waals surface area (Å²) < 4.78 is 0. The van der Waals surface area contributed by atoms with Crippen LogP contribution in [-0.4, -0.2) is 43.4 Å². The fourth-order valence-corrected chi connectivity index (χ4v) is 2.63. The summed E-state index contributed by atoms with van der Waals surface area (Å²) in [4.78, 5) is 14.4. The number of Topliss-reactive ketones (excluding diaryl/α,β-unsaturated/α-hetero) is 1. The quantitative estimate of drug-likeness (QED) is 0.755. The lowest BCUT2D eigenvalue weighted by molar-refractivity contribution is -0.124. The van der Waals surface area contributed by atoms with Crippen LogP contribution in [0.15, 0.2) is 0 Å². The first kappa shape index (κ1) is 11.1. The molecule has 0 amide bonds. The summed E-state index contributed by atoms with van der Waals surface area (Å²) in [5.74, 6) is 0.821. The zero-order chi connectivity index (χ0) is 10.5. The summed E-state index contributed by atoms with van der Waals surface area (Å²) in [6, 6.07) is 0. The van der Waals surface area contributed by atoms with Crippen LogP contribution in [0.1, 0.15) is 32.1 Å². The van der Waals surface area contributed by atoms with Gasteiger partial charge in [-0.15, -0.1) is 0 Å². The molecule has 2 heterocycles. The Bertz CT molecular complexity index is 204. The predicted molar refractivity (Wildman–Crippen MR) is 60.9 cm³/mol. The highest BCUT2D eigenvalue weighted by Gasteiger charge is 2.23. The minimum Gasteiger partial charge on any atom is -0.317 e. The summed E-state index contributed by atoms with van der Waals surface area (Å²) in [7, 11) is 0. The lowest BCUT2D eigenvalue weighted by atomic mass is 9.95. The molecule has 2 aliphatic rings. The van der Waals surface area contributed by atoms with Crippen LogP contribution in [0.25, 0.3) is 0 Å². The van der Waals surface area contributed by atoms with Crippen molar-refractivity contribution in [3.05, 3.63) is 0 Å². The van der Waals surface area contributed by atoms with Gasteiger partial charge in [0.2, 0.25) is 0 Å². The number of hydrogen-bond donors (Lipinski definition) is 1. The summed E-state index contributed by atoms with van der Waals surface area (Å²) in [5.41, 5.74) is 0. The molecule has 1 N–H and O–H groups in total. The van der Waals surface area contributed by atoms with Crippen LogP contribution < -0.4 is 5.32 Å². The molecule has 2 rings (SSSR count). The van der Waals surface area contributed by atoms with Crippen molar-refractivity contribution in [1.82, 2.24) is 10.2 Å². The largest absolute Gasteiger partial charge is 0.317 e. The van der Waals surface area contributed by atoms with Gasteiger partial charge in [0.25, 0.3) is 0 Å². The van der Waals surface area contributed by atoms with E-state index < -0.39 is 0 Å². The van der Waals surface area contributed by atoms with Crippen molar-refractivity contribution in [2.45, 2.75) is 32.1 Å². The second kappa shape index (κ2) is 5.61. The third-order valence-electron chi connectivity index (χ3n) is 3.61. The number of nitrogens with one attached hydrogen (secondary N) is 1. The monoisotopic (exact) mass is 210 g/mol. The van der Waals surface area contributed by atoms with Gasteiger partial charge in [0.1, 0.15) is 5.78 Å². The highest BCUT2D eigenvalue weighted by molar-refractivity contribution is 5.83. The van der Waals surface area contributed by atoms with Gasteiger partial charge in [-0.1, -0.05) is 0 Å². The van der Waals surface area contributed by atoms with E-state index in [1.54, 1.807) is 0 Å². The van der Waals surface area contributed by atoms with Gasteiger partial charge in [0.05, 0.1) is 6.54 Å². The second-order valence-corrected chi connectivity index (χ2v) is 4.83. The summed E-state index contributed by atoms with van der Waals surface area (Å²) >= 11 is 0. The van der Waals surface area contributed by atoms with Gasteiger partial charge < -0.3 is 5.32 Å². The Hall–Kier alpha value is -0.410. The lowest BCUT2D eigenvalue weighted by Crippen LogP contribution is -2.31. The van der Waals surface area contributed by atoms with E-state index in [4.69, 9.17) is 0 Å². The molecule has 1 atom stereocenters. The SMILES string of the molecule is O=C(CN1CCCC1)C1CCCNCC1. The highest BCUT2D eigenvalue weighted by Crippen LogP contribution is 2.16. The third-order valence-corrected chi connectivity index (χ3v) is 3.61. The Morgan fingerprint density at radius 1 is 1.13 bits per heavy atom. The fraction of sp³-hybridized carbons (Fsp3) is 0.917. The van der Waals surface area contributed by atoms with Crippen molar-refractivity contribution in [2.24, 2.45) is 5.92 Å². The Kier molecular flexibility index (Phi) is 4.15. The minimum atomic E-state index is 0.334. The molecule has 0 aromatic carbocycles. The van der Waals surface area contributed by atoms with Crippen molar-refractivity contribution >= 4 is 5.78 Å². The molecule has 3 nitrogen and oxygen atoms in total. The van der Waals surface area contributed by atoms with E-state index in [1.165, 1.54) is 12.8 Å². The second-order valence-electron chi connectivity index (χ2n) is 4.83. The molecule has 2 fully saturated rings. The molecule has 2 saturated heterocycles. The molecule has 2 aliphatic heterocycles. The number of ketones is 1. The van der Waals surface area contributed by atoms with Crippen molar-refractivity contribution in [3.63, 3.8) is 0 Å². The first-order valence-electron chi connectivity index (χ1n) is 6.32. The van der Waals surface area contributed by atoms with Gasteiger partial charge in [-0.25, -0.2) is 0 Å². The maximum atomic E-state index is 12.0. The maximum absolute atomic E-state index is 12.0. The Labute approximate surface area is 92.2 Å². The highest BCUT2D eigenvalue weighted by atomic mass is 16.1. The fourth-order valence-electron chi connectivity index (χ4n) is 2.63. The van der Waals surface area contributed by atoms with Gasteiger partial charge in [0.15, 0.2) is 0 Å². The zero-order valence-electron chi connectivity index (χ0n) is 9.50. The van der Waals surface area contributed by atoms with Crippen LogP contribution in [0.2, 0.25) is 0 Å². The maximum Gasteiger partial charge on any atom is 0.149 e. The van der Waals surface area contributed by atoms with E-state index >= 15 is 0 Å². The number of hydrogen-bond acceptors (Lipinski definition) is 3. The molecule has 0 aromatic heterocycles. The molecular weight excluding hydrogens is 188 g/mol. The number of likely N-dealkylation sites (tertiary alicyclic amines) is 1. The van der Waals surface area contributed by atoms with Gasteiger partial charge >= 0.3 is 0 Å². The Morgan fingerprint density at radius 3 is 2.73 bits per heavy atom. The molecule has 0 saturated carbocycles. The molecule has 3 heteroatoms. The van der Waals surface area contributed by atoms with Crippen LogP contribution in [-0.2, 0) is 4.79 Å². The van der Waals surface area contributed by atoms with Crippen molar-refractivity contribution in [2.75, 3.05) is 32.7 Å². The molecule has 0 radical (unpaired) electrons. The molecular formula is C12H22N2O. The van der Waals surface area contributed by atoms with E-state index in [9.17, 15) is 4.79 Å². The molecule has 0 aromatic rings. The average molecular weight is 210 g/mol. The van der Waals surface area contributed by atoms with E-state index in [1.807, 2.05) is 0 Å². The first-order chi connectivity index (χ1) is 7.36. The third kappa shape index (κ3) is 3.28. The summed E-state index contributed by atoms with van der Waals surface area (Å²) in [5, 5.41) is 3.36.